The molecule has 1 atom stereocenters. The molecule has 0 spiro atoms. The molecular weight excluding hydrogens is 182 g/mol. The van der Waals surface area contributed by atoms with Crippen molar-refractivity contribution >= 4 is 22.9 Å². The van der Waals surface area contributed by atoms with E-state index in [1.165, 1.54) is 11.3 Å². The molecule has 1 unspecified atom stereocenters. The molecule has 2 nitrogen and oxygen atoms in total. The van der Waals surface area contributed by atoms with Gasteiger partial charge in [0.05, 0.1) is 10.9 Å². The highest BCUT2D eigenvalue weighted by atomic mass is 35.5. The zero-order valence-corrected chi connectivity index (χ0v) is 7.53. The Balaban J connectivity index is 2.73. The number of hydrogen-bond acceptors (Lipinski definition) is 3. The Hall–Kier alpha value is -0.0900. The van der Waals surface area contributed by atoms with Gasteiger partial charge in [0.1, 0.15) is 0 Å². The molecule has 0 fully saturated rings. The maximum absolute atomic E-state index is 8.87. The maximum Gasteiger partial charge on any atom is 0.0931 e. The number of aliphatic hydroxyl groups is 1. The van der Waals surface area contributed by atoms with Crippen LogP contribution in [-0.4, -0.2) is 18.3 Å². The summed E-state index contributed by atoms with van der Waals surface area (Å²) < 4.78 is 0.743. The third-order valence-electron chi connectivity index (χ3n) is 1.50. The lowest BCUT2D eigenvalue weighted by Gasteiger charge is -2.07. The molecule has 0 saturated heterocycles. The van der Waals surface area contributed by atoms with Crippen LogP contribution < -0.4 is 5.73 Å². The smallest absolute Gasteiger partial charge is 0.0931 e. The highest BCUT2D eigenvalue weighted by Crippen LogP contribution is 2.27. The average Bonchev–Trinajstić information content (AvgIpc) is 2.39. The summed E-state index contributed by atoms with van der Waals surface area (Å²) in [5.74, 6) is 0.0486. The molecule has 0 bridgehead atoms. The molecule has 0 aliphatic carbocycles. The van der Waals surface area contributed by atoms with Crippen molar-refractivity contribution in [3.8, 4) is 0 Å². The number of halogens is 1. The van der Waals surface area contributed by atoms with Crippen LogP contribution in [0.5, 0.6) is 0 Å². The molecule has 1 aromatic heterocycles. The predicted molar refractivity (Wildman–Crippen MR) is 48.2 cm³/mol. The summed E-state index contributed by atoms with van der Waals surface area (Å²) in [6.45, 7) is 0.556. The Bertz CT molecular complexity index is 222. The summed E-state index contributed by atoms with van der Waals surface area (Å²) in [5.41, 5.74) is 5.43. The summed E-state index contributed by atoms with van der Waals surface area (Å²) in [6.07, 6.45) is 0. The third-order valence-corrected chi connectivity index (χ3v) is 2.89. The van der Waals surface area contributed by atoms with Gasteiger partial charge in [-0.2, -0.15) is 0 Å². The molecule has 0 amide bonds. The molecule has 62 valence electrons. The van der Waals surface area contributed by atoms with Gasteiger partial charge in [0.25, 0.3) is 0 Å². The van der Waals surface area contributed by atoms with Crippen molar-refractivity contribution in [2.45, 2.75) is 5.92 Å². The van der Waals surface area contributed by atoms with Crippen LogP contribution in [0.2, 0.25) is 4.34 Å². The number of hydrogen-bond donors (Lipinski definition) is 2. The van der Waals surface area contributed by atoms with Crippen molar-refractivity contribution in [2.75, 3.05) is 13.2 Å². The number of thiophene rings is 1. The lowest BCUT2D eigenvalue weighted by Crippen LogP contribution is -2.14. The zero-order valence-electron chi connectivity index (χ0n) is 5.96. The first-order valence-electron chi connectivity index (χ1n) is 3.34. The normalized spacial score (nSPS) is 13.4. The Kier molecular flexibility index (Phi) is 3.33. The quantitative estimate of drug-likeness (QED) is 0.760. The van der Waals surface area contributed by atoms with Gasteiger partial charge in [0.2, 0.25) is 0 Å². The molecule has 0 aromatic carbocycles. The van der Waals surface area contributed by atoms with E-state index in [1.807, 2.05) is 12.1 Å². The second-order valence-electron chi connectivity index (χ2n) is 2.26. The number of aliphatic hydroxyl groups excluding tert-OH is 1. The average molecular weight is 192 g/mol. The third kappa shape index (κ3) is 2.17. The standard InChI is InChI=1S/C7H10ClNOS/c8-7-2-1-6(11-7)5(3-9)4-10/h1-2,5,10H,3-4,9H2. The van der Waals surface area contributed by atoms with Crippen LogP contribution in [0.1, 0.15) is 10.8 Å². The van der Waals surface area contributed by atoms with E-state index < -0.39 is 0 Å². The topological polar surface area (TPSA) is 46.2 Å². The highest BCUT2D eigenvalue weighted by molar-refractivity contribution is 7.16. The largest absolute Gasteiger partial charge is 0.396 e. The lowest BCUT2D eigenvalue weighted by molar-refractivity contribution is 0.269. The number of nitrogens with two attached hydrogens (primary N) is 1. The van der Waals surface area contributed by atoms with Crippen molar-refractivity contribution in [3.63, 3.8) is 0 Å². The molecule has 0 radical (unpaired) electrons. The van der Waals surface area contributed by atoms with E-state index in [2.05, 4.69) is 0 Å². The molecule has 1 rings (SSSR count). The summed E-state index contributed by atoms with van der Waals surface area (Å²) in [6, 6.07) is 3.72. The van der Waals surface area contributed by atoms with Crippen molar-refractivity contribution in [1.29, 1.82) is 0 Å². The van der Waals surface area contributed by atoms with E-state index in [0.29, 0.717) is 6.54 Å². The minimum absolute atomic E-state index is 0.0486. The van der Waals surface area contributed by atoms with E-state index >= 15 is 0 Å². The minimum Gasteiger partial charge on any atom is -0.396 e. The van der Waals surface area contributed by atoms with Gasteiger partial charge in [0.15, 0.2) is 0 Å². The molecular formula is C7H10ClNOS. The molecule has 11 heavy (non-hydrogen) atoms. The molecule has 1 aromatic rings. The van der Waals surface area contributed by atoms with Crippen molar-refractivity contribution < 1.29 is 5.11 Å². The fraction of sp³-hybridized carbons (Fsp3) is 0.429. The molecule has 0 saturated carbocycles. The summed E-state index contributed by atoms with van der Waals surface area (Å²) in [5, 5.41) is 8.87. The summed E-state index contributed by atoms with van der Waals surface area (Å²) in [4.78, 5) is 1.06. The number of rotatable bonds is 3. The van der Waals surface area contributed by atoms with Gasteiger partial charge in [-0.05, 0) is 12.1 Å². The van der Waals surface area contributed by atoms with E-state index in [0.717, 1.165) is 9.21 Å². The second-order valence-corrected chi connectivity index (χ2v) is 4.00. The van der Waals surface area contributed by atoms with Crippen LogP contribution in [0.25, 0.3) is 0 Å². The van der Waals surface area contributed by atoms with Crippen LogP contribution in [-0.2, 0) is 0 Å². The Labute approximate surface area is 74.6 Å². The van der Waals surface area contributed by atoms with E-state index in [4.69, 9.17) is 22.4 Å². The van der Waals surface area contributed by atoms with Gasteiger partial charge < -0.3 is 10.8 Å². The van der Waals surface area contributed by atoms with Gasteiger partial charge in [0, 0.05) is 17.3 Å². The lowest BCUT2D eigenvalue weighted by atomic mass is 10.1. The SMILES string of the molecule is NCC(CO)c1ccc(Cl)s1. The fourth-order valence-electron chi connectivity index (χ4n) is 0.828. The molecule has 1 heterocycles. The minimum atomic E-state index is 0.0486. The van der Waals surface area contributed by atoms with E-state index in [9.17, 15) is 0 Å². The summed E-state index contributed by atoms with van der Waals surface area (Å²) >= 11 is 7.18. The highest BCUT2D eigenvalue weighted by Gasteiger charge is 2.09. The zero-order chi connectivity index (χ0) is 8.27. The van der Waals surface area contributed by atoms with Crippen LogP contribution in [0.3, 0.4) is 0 Å². The predicted octanol–water partition coefficient (Wildman–Crippen LogP) is 1.44. The first-order valence-corrected chi connectivity index (χ1v) is 4.53. The van der Waals surface area contributed by atoms with Crippen LogP contribution in [0.15, 0.2) is 12.1 Å². The van der Waals surface area contributed by atoms with Crippen molar-refractivity contribution in [3.05, 3.63) is 21.3 Å². The second kappa shape index (κ2) is 4.07. The van der Waals surface area contributed by atoms with Gasteiger partial charge in [-0.1, -0.05) is 11.6 Å². The van der Waals surface area contributed by atoms with Crippen LogP contribution in [0, 0.1) is 0 Å². The molecule has 3 N–H and O–H groups in total. The summed E-state index contributed by atoms with van der Waals surface area (Å²) in [7, 11) is 0. The first-order chi connectivity index (χ1) is 5.27. The van der Waals surface area contributed by atoms with Crippen LogP contribution in [0.4, 0.5) is 0 Å². The van der Waals surface area contributed by atoms with Gasteiger partial charge in [-0.25, -0.2) is 0 Å². The van der Waals surface area contributed by atoms with E-state index in [1.54, 1.807) is 0 Å². The van der Waals surface area contributed by atoms with Crippen molar-refractivity contribution in [2.24, 2.45) is 5.73 Å². The molecule has 0 aliphatic heterocycles. The van der Waals surface area contributed by atoms with Gasteiger partial charge in [-0.15, -0.1) is 11.3 Å². The van der Waals surface area contributed by atoms with Gasteiger partial charge in [-0.3, -0.25) is 0 Å². The van der Waals surface area contributed by atoms with E-state index in [-0.39, 0.29) is 12.5 Å². The Morgan fingerprint density at radius 1 is 1.64 bits per heavy atom. The first kappa shape index (κ1) is 9.00. The van der Waals surface area contributed by atoms with Crippen molar-refractivity contribution in [1.82, 2.24) is 0 Å². The molecule has 4 heteroatoms. The molecule has 0 aliphatic rings. The van der Waals surface area contributed by atoms with Crippen LogP contribution >= 0.6 is 22.9 Å². The van der Waals surface area contributed by atoms with Gasteiger partial charge >= 0.3 is 0 Å². The maximum atomic E-state index is 8.87. The fourth-order valence-corrected chi connectivity index (χ4v) is 1.99. The Morgan fingerprint density at radius 3 is 2.73 bits per heavy atom. The Morgan fingerprint density at radius 2 is 2.36 bits per heavy atom. The monoisotopic (exact) mass is 191 g/mol.